The summed E-state index contributed by atoms with van der Waals surface area (Å²) in [6, 6.07) is 0. The van der Waals surface area contributed by atoms with Gasteiger partial charge in [-0.2, -0.15) is 13.2 Å². The van der Waals surface area contributed by atoms with Crippen LogP contribution >= 0.6 is 0 Å². The summed E-state index contributed by atoms with van der Waals surface area (Å²) >= 11 is 0. The number of fused-ring (bicyclic) bond motifs is 1. The van der Waals surface area contributed by atoms with E-state index in [-0.39, 0.29) is 17.9 Å². The maximum atomic E-state index is 13.0. The number of aliphatic hydroxyl groups is 2. The van der Waals surface area contributed by atoms with E-state index in [2.05, 4.69) is 32.6 Å². The lowest BCUT2D eigenvalue weighted by molar-refractivity contribution is -0.255. The maximum absolute atomic E-state index is 13.0. The maximum Gasteiger partial charge on any atom is 0.416 e. The zero-order chi connectivity index (χ0) is 23.7. The molecule has 3 rings (SSSR count). The second-order valence-electron chi connectivity index (χ2n) is 11.2. The van der Waals surface area contributed by atoms with Crippen molar-refractivity contribution in [3.8, 4) is 0 Å². The van der Waals surface area contributed by atoms with Gasteiger partial charge in [-0.1, -0.05) is 50.1 Å². The van der Waals surface area contributed by atoms with E-state index in [1.165, 1.54) is 17.6 Å². The Morgan fingerprint density at radius 2 is 1.91 bits per heavy atom. The molecular weight excluding hydrogens is 413 g/mol. The van der Waals surface area contributed by atoms with Crippen molar-refractivity contribution in [3.05, 3.63) is 35.5 Å². The van der Waals surface area contributed by atoms with Gasteiger partial charge < -0.3 is 10.2 Å². The van der Waals surface area contributed by atoms with Gasteiger partial charge in [-0.25, -0.2) is 0 Å². The monoisotopic (exact) mass is 454 g/mol. The molecular formula is C27H41F3O2. The highest BCUT2D eigenvalue weighted by Gasteiger charge is 2.51. The Morgan fingerprint density at radius 3 is 2.59 bits per heavy atom. The summed E-state index contributed by atoms with van der Waals surface area (Å²) in [7, 11) is 0. The molecule has 3 aliphatic rings. The third-order valence-corrected chi connectivity index (χ3v) is 8.85. The second kappa shape index (κ2) is 9.66. The van der Waals surface area contributed by atoms with Crippen LogP contribution in [0, 0.1) is 23.2 Å². The van der Waals surface area contributed by atoms with Gasteiger partial charge in [-0.05, 0) is 99.9 Å². The number of hydrogen-bond donors (Lipinski definition) is 2. The molecule has 3 aliphatic carbocycles. The van der Waals surface area contributed by atoms with Gasteiger partial charge in [0.25, 0.3) is 0 Å². The van der Waals surface area contributed by atoms with E-state index in [0.717, 1.165) is 57.4 Å². The van der Waals surface area contributed by atoms with Crippen molar-refractivity contribution < 1.29 is 23.4 Å². The fourth-order valence-electron chi connectivity index (χ4n) is 6.72. The van der Waals surface area contributed by atoms with Gasteiger partial charge in [0.2, 0.25) is 0 Å². The third-order valence-electron chi connectivity index (χ3n) is 8.85. The predicted octanol–water partition coefficient (Wildman–Crippen LogP) is 7.28. The van der Waals surface area contributed by atoms with Crippen LogP contribution < -0.4 is 0 Å². The van der Waals surface area contributed by atoms with Crippen LogP contribution in [0.2, 0.25) is 0 Å². The van der Waals surface area contributed by atoms with Gasteiger partial charge in [0.1, 0.15) is 0 Å². The molecule has 0 spiro atoms. The molecule has 0 saturated heterocycles. The number of aliphatic hydroxyl groups excluding tert-OH is 1. The van der Waals surface area contributed by atoms with Crippen molar-refractivity contribution in [1.29, 1.82) is 0 Å². The molecule has 1 unspecified atom stereocenters. The Balaban J connectivity index is 1.65. The van der Waals surface area contributed by atoms with E-state index in [1.807, 2.05) is 0 Å². The molecule has 182 valence electrons. The van der Waals surface area contributed by atoms with E-state index in [0.29, 0.717) is 30.6 Å². The van der Waals surface area contributed by atoms with Crippen LogP contribution in [0.3, 0.4) is 0 Å². The van der Waals surface area contributed by atoms with Crippen LogP contribution in [0.15, 0.2) is 35.5 Å². The van der Waals surface area contributed by atoms with Crippen molar-refractivity contribution in [1.82, 2.24) is 0 Å². The Morgan fingerprint density at radius 1 is 1.19 bits per heavy atom. The Bertz CT molecular complexity index is 748. The number of halogens is 3. The molecule has 6 atom stereocenters. The lowest BCUT2D eigenvalue weighted by Gasteiger charge is -2.44. The standard InChI is InChI=1S/C27H41F3O2/c1-18-9-12-22(31)17-21(18)11-10-20-8-6-15-25(3)23(13-14-24(20)25)19(2)7-5-16-26(4,32)27(28,29)30/h10-11,19,22-24,31-32H,1,5-9,12-17H2,2-4H3/b20-10+,21-11+/t19-,22+,23-,24+,25-,26?/m1/s1. The van der Waals surface area contributed by atoms with Gasteiger partial charge >= 0.3 is 6.18 Å². The Kier molecular flexibility index (Phi) is 7.71. The van der Waals surface area contributed by atoms with Gasteiger partial charge in [0.05, 0.1) is 6.10 Å². The summed E-state index contributed by atoms with van der Waals surface area (Å²) in [6.45, 7) is 9.64. The van der Waals surface area contributed by atoms with Crippen molar-refractivity contribution in [3.63, 3.8) is 0 Å². The van der Waals surface area contributed by atoms with Crippen LogP contribution in [0.4, 0.5) is 13.2 Å². The first-order valence-electron chi connectivity index (χ1n) is 12.4. The predicted molar refractivity (Wildman–Crippen MR) is 123 cm³/mol. The largest absolute Gasteiger partial charge is 0.416 e. The number of rotatable bonds is 6. The molecule has 0 bridgehead atoms. The van der Waals surface area contributed by atoms with Crippen molar-refractivity contribution in [2.24, 2.45) is 23.2 Å². The first kappa shape index (κ1) is 25.6. The van der Waals surface area contributed by atoms with Crippen LogP contribution in [0.1, 0.15) is 91.4 Å². The van der Waals surface area contributed by atoms with Gasteiger partial charge in [-0.3, -0.25) is 0 Å². The molecule has 0 aromatic carbocycles. The molecule has 0 amide bonds. The molecule has 0 heterocycles. The number of allylic oxidation sites excluding steroid dienone is 4. The van der Waals surface area contributed by atoms with E-state index in [1.54, 1.807) is 0 Å². The molecule has 0 aromatic heterocycles. The van der Waals surface area contributed by atoms with Gasteiger partial charge in [0.15, 0.2) is 5.60 Å². The zero-order valence-corrected chi connectivity index (χ0v) is 20.0. The van der Waals surface area contributed by atoms with Crippen LogP contribution in [-0.2, 0) is 0 Å². The summed E-state index contributed by atoms with van der Waals surface area (Å²) in [5, 5.41) is 19.8. The average Bonchev–Trinajstić information content (AvgIpc) is 3.05. The normalized spacial score (nSPS) is 36.9. The summed E-state index contributed by atoms with van der Waals surface area (Å²) in [5.41, 5.74) is 1.40. The molecule has 5 heteroatoms. The SMILES string of the molecule is C=C1CC[C@H](O)C/C1=C\C=C1/CCC[C@]2(C)[C@@H]([C@H](C)CCCC(C)(O)C(F)(F)F)CC[C@@H]12. The summed E-state index contributed by atoms with van der Waals surface area (Å²) in [6.07, 6.45) is 8.55. The molecule has 0 aromatic rings. The zero-order valence-electron chi connectivity index (χ0n) is 20.0. The minimum absolute atomic E-state index is 0.192. The van der Waals surface area contributed by atoms with Gasteiger partial charge in [0, 0.05) is 0 Å². The number of hydrogen-bond acceptors (Lipinski definition) is 2. The van der Waals surface area contributed by atoms with Crippen molar-refractivity contribution in [2.45, 2.75) is 109 Å². The summed E-state index contributed by atoms with van der Waals surface area (Å²) in [5.74, 6) is 1.38. The van der Waals surface area contributed by atoms with Crippen LogP contribution in [0.5, 0.6) is 0 Å². The fraction of sp³-hybridized carbons (Fsp3) is 0.778. The lowest BCUT2D eigenvalue weighted by atomic mass is 9.60. The van der Waals surface area contributed by atoms with E-state index >= 15 is 0 Å². The first-order valence-corrected chi connectivity index (χ1v) is 12.4. The quantitative estimate of drug-likeness (QED) is 0.443. The molecule has 0 aliphatic heterocycles. The molecule has 2 nitrogen and oxygen atoms in total. The lowest BCUT2D eigenvalue weighted by Crippen LogP contribution is -2.42. The van der Waals surface area contributed by atoms with Crippen LogP contribution in [0.25, 0.3) is 0 Å². The molecule has 3 saturated carbocycles. The third kappa shape index (κ3) is 5.35. The smallest absolute Gasteiger partial charge is 0.393 e. The molecule has 0 radical (unpaired) electrons. The highest BCUT2D eigenvalue weighted by molar-refractivity contribution is 5.36. The fourth-order valence-corrected chi connectivity index (χ4v) is 6.72. The van der Waals surface area contributed by atoms with Crippen molar-refractivity contribution in [2.75, 3.05) is 0 Å². The first-order chi connectivity index (χ1) is 14.8. The second-order valence-corrected chi connectivity index (χ2v) is 11.2. The summed E-state index contributed by atoms with van der Waals surface area (Å²) < 4.78 is 38.9. The van der Waals surface area contributed by atoms with Crippen LogP contribution in [-0.4, -0.2) is 28.1 Å². The van der Waals surface area contributed by atoms with Crippen molar-refractivity contribution >= 4 is 0 Å². The molecule has 3 fully saturated rings. The Hall–Kier alpha value is -1.07. The summed E-state index contributed by atoms with van der Waals surface area (Å²) in [4.78, 5) is 0. The van der Waals surface area contributed by atoms with E-state index in [4.69, 9.17) is 0 Å². The highest BCUT2D eigenvalue weighted by Crippen LogP contribution is 2.60. The average molecular weight is 455 g/mol. The number of alkyl halides is 3. The van der Waals surface area contributed by atoms with E-state index < -0.39 is 11.8 Å². The minimum atomic E-state index is -4.57. The Labute approximate surface area is 191 Å². The molecule has 32 heavy (non-hydrogen) atoms. The van der Waals surface area contributed by atoms with Gasteiger partial charge in [-0.15, -0.1) is 0 Å². The minimum Gasteiger partial charge on any atom is -0.393 e. The topological polar surface area (TPSA) is 40.5 Å². The highest BCUT2D eigenvalue weighted by atomic mass is 19.4. The van der Waals surface area contributed by atoms with E-state index in [9.17, 15) is 23.4 Å². The molecule has 2 N–H and O–H groups in total.